The Morgan fingerprint density at radius 2 is 1.48 bits per heavy atom. The number of hydrogen-bond acceptors (Lipinski definition) is 0. The molecule has 0 bridgehead atoms. The summed E-state index contributed by atoms with van der Waals surface area (Å²) in [4.78, 5) is 0. The average molecular weight is 493 g/mol. The van der Waals surface area contributed by atoms with Gasteiger partial charge in [-0.25, -0.2) is 0 Å². The van der Waals surface area contributed by atoms with E-state index in [1.165, 1.54) is 78.7 Å². The van der Waals surface area contributed by atoms with E-state index in [9.17, 15) is 0 Å². The van der Waals surface area contributed by atoms with Crippen LogP contribution in [0.1, 0.15) is 106 Å². The first-order valence-electron chi connectivity index (χ1n) is 11.0. The van der Waals surface area contributed by atoms with E-state index >= 15 is 0 Å². The van der Waals surface area contributed by atoms with Crippen molar-refractivity contribution in [2.75, 3.05) is 12.3 Å². The number of unbranched alkanes of at least 4 members (excludes halogenated alkanes) is 2. The van der Waals surface area contributed by atoms with E-state index < -0.39 is 0 Å². The molecule has 0 spiro atoms. The average Bonchev–Trinajstić information content (AvgIpc) is 2.61. The van der Waals surface area contributed by atoms with Gasteiger partial charge in [0.1, 0.15) is 0 Å². The molecule has 0 saturated heterocycles. The Hall–Kier alpha value is 2.15. The third kappa shape index (κ3) is 14.0. The van der Waals surface area contributed by atoms with Crippen LogP contribution in [0, 0.1) is 17.3 Å². The van der Waals surface area contributed by atoms with Gasteiger partial charge in [0.25, 0.3) is 0 Å². The molecular formula is C22H48Cl2P2Ti. The SMILES string of the molecule is CCCCP.CCCCPC1CCCC(C(C)CC)(C(C)CC)C1.[Cl-].[Cl-].[Ti+2]. The number of hydrogen-bond donors (Lipinski definition) is 0. The van der Waals surface area contributed by atoms with Crippen LogP contribution in [0.15, 0.2) is 0 Å². The molecule has 1 fully saturated rings. The first-order chi connectivity index (χ1) is 11.5. The van der Waals surface area contributed by atoms with Crippen molar-refractivity contribution in [1.29, 1.82) is 0 Å². The molecular weight excluding hydrogens is 445 g/mol. The van der Waals surface area contributed by atoms with Gasteiger partial charge in [-0.3, -0.25) is 0 Å². The molecule has 1 rings (SSSR count). The van der Waals surface area contributed by atoms with Gasteiger partial charge in [0.15, 0.2) is 0 Å². The topological polar surface area (TPSA) is 0 Å². The van der Waals surface area contributed by atoms with Gasteiger partial charge in [0.2, 0.25) is 0 Å². The molecule has 0 N–H and O–H groups in total. The molecule has 0 aliphatic heterocycles. The van der Waals surface area contributed by atoms with Crippen LogP contribution in [-0.2, 0) is 21.7 Å². The Labute approximate surface area is 204 Å². The Morgan fingerprint density at radius 3 is 1.85 bits per heavy atom. The quantitative estimate of drug-likeness (QED) is 0.249. The number of halogens is 2. The molecule has 5 heteroatoms. The van der Waals surface area contributed by atoms with Gasteiger partial charge >= 0.3 is 21.7 Å². The molecule has 0 radical (unpaired) electrons. The monoisotopic (exact) mass is 492 g/mol. The molecule has 5 unspecified atom stereocenters. The minimum atomic E-state index is 0. The maximum absolute atomic E-state index is 2.70. The van der Waals surface area contributed by atoms with E-state index in [0.29, 0.717) is 5.41 Å². The van der Waals surface area contributed by atoms with Crippen molar-refractivity contribution in [2.24, 2.45) is 17.3 Å². The third-order valence-electron chi connectivity index (χ3n) is 6.53. The predicted molar refractivity (Wildman–Crippen MR) is 121 cm³/mol. The van der Waals surface area contributed by atoms with Gasteiger partial charge < -0.3 is 24.8 Å². The summed E-state index contributed by atoms with van der Waals surface area (Å²) in [5, 5.41) is 0. The van der Waals surface area contributed by atoms with Crippen molar-refractivity contribution in [1.82, 2.24) is 0 Å². The zero-order chi connectivity index (χ0) is 18.4. The van der Waals surface area contributed by atoms with Crippen LogP contribution in [0.2, 0.25) is 0 Å². The molecule has 0 aromatic rings. The number of rotatable bonds is 10. The van der Waals surface area contributed by atoms with Crippen molar-refractivity contribution in [3.05, 3.63) is 0 Å². The molecule has 5 atom stereocenters. The maximum atomic E-state index is 2.70. The fraction of sp³-hybridized carbons (Fsp3) is 1.00. The minimum absolute atomic E-state index is 0. The summed E-state index contributed by atoms with van der Waals surface area (Å²) >= 11 is 0. The predicted octanol–water partition coefficient (Wildman–Crippen LogP) is 2.15. The van der Waals surface area contributed by atoms with Crippen molar-refractivity contribution < 1.29 is 46.5 Å². The molecule has 0 heterocycles. The molecule has 1 saturated carbocycles. The van der Waals surface area contributed by atoms with Crippen molar-refractivity contribution >= 4 is 17.8 Å². The van der Waals surface area contributed by atoms with Crippen molar-refractivity contribution in [3.8, 4) is 0 Å². The fourth-order valence-corrected chi connectivity index (χ4v) is 6.70. The van der Waals surface area contributed by atoms with Crippen LogP contribution in [0.25, 0.3) is 0 Å². The van der Waals surface area contributed by atoms with Crippen LogP contribution in [0.4, 0.5) is 0 Å². The molecule has 1 aliphatic carbocycles. The smallest absolute Gasteiger partial charge is 1.00 e. The minimum Gasteiger partial charge on any atom is -1.00 e. The molecule has 0 aromatic heterocycles. The van der Waals surface area contributed by atoms with E-state index in [1.807, 2.05) is 0 Å². The third-order valence-corrected chi connectivity index (χ3v) is 8.65. The van der Waals surface area contributed by atoms with E-state index in [2.05, 4.69) is 50.8 Å². The fourth-order valence-electron chi connectivity index (χ4n) is 4.40. The second kappa shape index (κ2) is 22.8. The van der Waals surface area contributed by atoms with Gasteiger partial charge in [0.05, 0.1) is 0 Å². The molecule has 164 valence electrons. The van der Waals surface area contributed by atoms with E-state index in [1.54, 1.807) is 6.42 Å². The van der Waals surface area contributed by atoms with E-state index in [0.717, 1.165) is 17.5 Å². The van der Waals surface area contributed by atoms with E-state index in [-0.39, 0.29) is 46.5 Å². The summed E-state index contributed by atoms with van der Waals surface area (Å²) < 4.78 is 0. The van der Waals surface area contributed by atoms with Crippen molar-refractivity contribution in [2.45, 2.75) is 111 Å². The van der Waals surface area contributed by atoms with Crippen LogP contribution in [-0.4, -0.2) is 18.0 Å². The largest absolute Gasteiger partial charge is 2.00 e. The second-order valence-corrected chi connectivity index (χ2v) is 10.4. The summed E-state index contributed by atoms with van der Waals surface area (Å²) in [5.41, 5.74) is 1.73. The summed E-state index contributed by atoms with van der Waals surface area (Å²) in [6.07, 6.45) is 17.1. The Kier molecular flexibility index (Phi) is 30.9. The van der Waals surface area contributed by atoms with Gasteiger partial charge in [-0.05, 0) is 60.9 Å². The Morgan fingerprint density at radius 1 is 0.963 bits per heavy atom. The first kappa shape index (κ1) is 36.5. The summed E-state index contributed by atoms with van der Waals surface area (Å²) in [6.45, 7) is 14.4. The zero-order valence-electron chi connectivity index (χ0n) is 19.1. The molecule has 0 amide bonds. The van der Waals surface area contributed by atoms with Gasteiger partial charge in [-0.15, -0.1) is 17.8 Å². The second-order valence-electron chi connectivity index (χ2n) is 8.09. The molecule has 0 aromatic carbocycles. The molecule has 0 nitrogen and oxygen atoms in total. The first-order valence-corrected chi connectivity index (χ1v) is 13.1. The van der Waals surface area contributed by atoms with Crippen LogP contribution in [0.5, 0.6) is 0 Å². The van der Waals surface area contributed by atoms with Crippen LogP contribution < -0.4 is 24.8 Å². The zero-order valence-corrected chi connectivity index (χ0v) is 24.3. The maximum Gasteiger partial charge on any atom is 2.00 e. The van der Waals surface area contributed by atoms with Crippen molar-refractivity contribution in [3.63, 3.8) is 0 Å². The summed E-state index contributed by atoms with van der Waals surface area (Å²) in [7, 11) is 3.94. The van der Waals surface area contributed by atoms with E-state index in [4.69, 9.17) is 0 Å². The van der Waals surface area contributed by atoms with Crippen LogP contribution >= 0.6 is 17.8 Å². The normalized spacial score (nSPS) is 23.9. The Bertz CT molecular complexity index is 281. The van der Waals surface area contributed by atoms with Crippen LogP contribution in [0.3, 0.4) is 0 Å². The molecule has 1 aliphatic rings. The van der Waals surface area contributed by atoms with Gasteiger partial charge in [-0.1, -0.05) is 80.1 Å². The van der Waals surface area contributed by atoms with Gasteiger partial charge in [0, 0.05) is 0 Å². The summed E-state index contributed by atoms with van der Waals surface area (Å²) in [5.74, 6) is 1.84. The summed E-state index contributed by atoms with van der Waals surface area (Å²) in [6, 6.07) is 0. The molecule has 27 heavy (non-hydrogen) atoms. The van der Waals surface area contributed by atoms with Gasteiger partial charge in [-0.2, -0.15) is 0 Å². The standard InChI is InChI=1S/C18H37P.C4H11P.2ClH.Ti/c1-6-9-13-19-17-11-10-12-18(14-17,15(4)7-2)16(5)8-3;1-2-3-4-5;;;/h15-17,19H,6-14H2,1-5H3;2-5H2,1H3;2*1H;/q;;;;+2/p-2. The Balaban J connectivity index is -0.000000294.